The maximum Gasteiger partial charge on any atom is 0.242 e. The van der Waals surface area contributed by atoms with Crippen molar-refractivity contribution in [2.45, 2.75) is 18.4 Å². The molecular formula is C14H16ClN3O2S. The minimum Gasteiger partial charge on any atom is -0.384 e. The molecule has 2 rings (SSSR count). The molecule has 7 heteroatoms. The smallest absolute Gasteiger partial charge is 0.242 e. The van der Waals surface area contributed by atoms with E-state index in [1.54, 1.807) is 36.5 Å². The zero-order valence-electron chi connectivity index (χ0n) is 11.5. The highest BCUT2D eigenvalue weighted by atomic mass is 35.5. The highest BCUT2D eigenvalue weighted by Crippen LogP contribution is 2.14. The SMILES string of the molecule is CCNc1cncc(S(=O)(=O)NCc2ccc(Cl)cc2)c1. The van der Waals surface area contributed by atoms with E-state index in [9.17, 15) is 8.42 Å². The van der Waals surface area contributed by atoms with Gasteiger partial charge in [0.05, 0.1) is 11.9 Å². The first-order valence-corrected chi connectivity index (χ1v) is 8.30. The average Bonchev–Trinajstić information content (AvgIpc) is 2.47. The number of benzene rings is 1. The summed E-state index contributed by atoms with van der Waals surface area (Å²) in [6, 6.07) is 8.55. The van der Waals surface area contributed by atoms with Crippen molar-refractivity contribution < 1.29 is 8.42 Å². The van der Waals surface area contributed by atoms with Gasteiger partial charge in [0, 0.05) is 24.3 Å². The van der Waals surface area contributed by atoms with Gasteiger partial charge in [0.15, 0.2) is 0 Å². The van der Waals surface area contributed by atoms with E-state index in [4.69, 9.17) is 11.6 Å². The van der Waals surface area contributed by atoms with Crippen LogP contribution in [0.15, 0.2) is 47.6 Å². The number of nitrogens with zero attached hydrogens (tertiary/aromatic N) is 1. The quantitative estimate of drug-likeness (QED) is 0.856. The minimum atomic E-state index is -3.59. The summed E-state index contributed by atoms with van der Waals surface area (Å²) in [5.41, 5.74) is 1.51. The van der Waals surface area contributed by atoms with Crippen LogP contribution in [0.25, 0.3) is 0 Å². The molecular weight excluding hydrogens is 310 g/mol. The van der Waals surface area contributed by atoms with Crippen molar-refractivity contribution in [1.82, 2.24) is 9.71 Å². The third kappa shape index (κ3) is 4.42. The summed E-state index contributed by atoms with van der Waals surface area (Å²) in [5, 5.41) is 3.65. The number of hydrogen-bond acceptors (Lipinski definition) is 4. The van der Waals surface area contributed by atoms with Gasteiger partial charge < -0.3 is 5.32 Å². The molecule has 0 saturated carbocycles. The first kappa shape index (κ1) is 15.8. The fourth-order valence-corrected chi connectivity index (χ4v) is 2.86. The van der Waals surface area contributed by atoms with Crippen LogP contribution in [0.1, 0.15) is 12.5 Å². The van der Waals surface area contributed by atoms with Crippen molar-refractivity contribution in [3.05, 3.63) is 53.3 Å². The fourth-order valence-electron chi connectivity index (χ4n) is 1.73. The lowest BCUT2D eigenvalue weighted by molar-refractivity contribution is 0.581. The molecule has 0 aliphatic carbocycles. The number of anilines is 1. The molecule has 2 aromatic rings. The molecule has 0 atom stereocenters. The molecule has 0 bridgehead atoms. The third-order valence-corrected chi connectivity index (χ3v) is 4.40. The van der Waals surface area contributed by atoms with Crippen LogP contribution in [0.4, 0.5) is 5.69 Å². The summed E-state index contributed by atoms with van der Waals surface area (Å²) in [5.74, 6) is 0. The van der Waals surface area contributed by atoms with Gasteiger partial charge >= 0.3 is 0 Å². The van der Waals surface area contributed by atoms with Gasteiger partial charge in [-0.3, -0.25) is 4.98 Å². The van der Waals surface area contributed by atoms with Crippen LogP contribution < -0.4 is 10.0 Å². The number of aromatic nitrogens is 1. The number of sulfonamides is 1. The number of hydrogen-bond donors (Lipinski definition) is 2. The Hall–Kier alpha value is -1.63. The molecule has 0 aliphatic rings. The van der Waals surface area contributed by atoms with E-state index < -0.39 is 10.0 Å². The van der Waals surface area contributed by atoms with Crippen molar-refractivity contribution in [2.24, 2.45) is 0 Å². The van der Waals surface area contributed by atoms with Crippen molar-refractivity contribution in [3.8, 4) is 0 Å². The molecule has 1 aromatic carbocycles. The van der Waals surface area contributed by atoms with E-state index in [2.05, 4.69) is 15.0 Å². The maximum absolute atomic E-state index is 12.2. The van der Waals surface area contributed by atoms with Crippen molar-refractivity contribution in [1.29, 1.82) is 0 Å². The maximum atomic E-state index is 12.2. The number of halogens is 1. The van der Waals surface area contributed by atoms with E-state index in [0.29, 0.717) is 17.3 Å². The van der Waals surface area contributed by atoms with Crippen LogP contribution in [0.2, 0.25) is 5.02 Å². The van der Waals surface area contributed by atoms with Crippen LogP contribution in [0.3, 0.4) is 0 Å². The summed E-state index contributed by atoms with van der Waals surface area (Å²) in [6.07, 6.45) is 2.91. The second-order valence-electron chi connectivity index (χ2n) is 4.39. The van der Waals surface area contributed by atoms with Crippen LogP contribution in [0.5, 0.6) is 0 Å². The number of rotatable bonds is 6. The molecule has 0 saturated heterocycles. The van der Waals surface area contributed by atoms with Gasteiger partial charge in [-0.2, -0.15) is 0 Å². The average molecular weight is 326 g/mol. The summed E-state index contributed by atoms with van der Waals surface area (Å²) in [7, 11) is -3.59. The van der Waals surface area contributed by atoms with Crippen LogP contribution >= 0.6 is 11.6 Å². The van der Waals surface area contributed by atoms with Crippen molar-refractivity contribution in [2.75, 3.05) is 11.9 Å². The molecule has 0 spiro atoms. The van der Waals surface area contributed by atoms with Gasteiger partial charge in [-0.1, -0.05) is 23.7 Å². The zero-order chi connectivity index (χ0) is 15.3. The highest BCUT2D eigenvalue weighted by molar-refractivity contribution is 7.89. The fraction of sp³-hybridized carbons (Fsp3) is 0.214. The van der Waals surface area contributed by atoms with E-state index >= 15 is 0 Å². The molecule has 1 aromatic heterocycles. The van der Waals surface area contributed by atoms with Gasteiger partial charge in [-0.05, 0) is 30.7 Å². The Labute approximate surface area is 129 Å². The van der Waals surface area contributed by atoms with E-state index in [0.717, 1.165) is 5.56 Å². The third-order valence-electron chi connectivity index (χ3n) is 2.78. The molecule has 0 fully saturated rings. The summed E-state index contributed by atoms with van der Waals surface area (Å²) in [6.45, 7) is 2.83. The molecule has 21 heavy (non-hydrogen) atoms. The number of pyridine rings is 1. The van der Waals surface area contributed by atoms with Crippen LogP contribution in [0, 0.1) is 0 Å². The lowest BCUT2D eigenvalue weighted by atomic mass is 10.2. The molecule has 2 N–H and O–H groups in total. The minimum absolute atomic E-state index is 0.134. The molecule has 0 radical (unpaired) electrons. The first-order chi connectivity index (χ1) is 10.0. The standard InChI is InChI=1S/C14H16ClN3O2S/c1-2-17-13-7-14(10-16-9-13)21(19,20)18-8-11-3-5-12(15)6-4-11/h3-7,9-10,17-18H,2,8H2,1H3. The normalized spacial score (nSPS) is 11.3. The van der Waals surface area contributed by atoms with Gasteiger partial charge in [-0.25, -0.2) is 13.1 Å². The largest absolute Gasteiger partial charge is 0.384 e. The predicted molar refractivity (Wildman–Crippen MR) is 83.9 cm³/mol. The van der Waals surface area contributed by atoms with Crippen LogP contribution in [-0.2, 0) is 16.6 Å². The lowest BCUT2D eigenvalue weighted by Gasteiger charge is -2.08. The molecule has 1 heterocycles. The van der Waals surface area contributed by atoms with E-state index in [1.807, 2.05) is 6.92 Å². The second kappa shape index (κ2) is 6.89. The molecule has 5 nitrogen and oxygen atoms in total. The lowest BCUT2D eigenvalue weighted by Crippen LogP contribution is -2.23. The topological polar surface area (TPSA) is 71.1 Å². The Morgan fingerprint density at radius 3 is 2.57 bits per heavy atom. The van der Waals surface area contributed by atoms with Gasteiger partial charge in [0.25, 0.3) is 0 Å². The van der Waals surface area contributed by atoms with E-state index in [1.165, 1.54) is 6.20 Å². The molecule has 0 amide bonds. The predicted octanol–water partition coefficient (Wildman–Crippen LogP) is 2.65. The summed E-state index contributed by atoms with van der Waals surface area (Å²) in [4.78, 5) is 4.07. The Morgan fingerprint density at radius 2 is 1.90 bits per heavy atom. The number of nitrogens with one attached hydrogen (secondary N) is 2. The molecule has 112 valence electrons. The summed E-state index contributed by atoms with van der Waals surface area (Å²) < 4.78 is 27.0. The first-order valence-electron chi connectivity index (χ1n) is 6.44. The van der Waals surface area contributed by atoms with Gasteiger partial charge in [0.2, 0.25) is 10.0 Å². The van der Waals surface area contributed by atoms with Crippen molar-refractivity contribution in [3.63, 3.8) is 0 Å². The highest BCUT2D eigenvalue weighted by Gasteiger charge is 2.14. The van der Waals surface area contributed by atoms with Crippen molar-refractivity contribution >= 4 is 27.3 Å². The second-order valence-corrected chi connectivity index (χ2v) is 6.59. The summed E-state index contributed by atoms with van der Waals surface area (Å²) >= 11 is 5.79. The van der Waals surface area contributed by atoms with Crippen LogP contribution in [-0.4, -0.2) is 19.9 Å². The molecule has 0 aliphatic heterocycles. The van der Waals surface area contributed by atoms with Gasteiger partial charge in [-0.15, -0.1) is 0 Å². The Morgan fingerprint density at radius 1 is 1.19 bits per heavy atom. The Kier molecular flexibility index (Phi) is 5.17. The van der Waals surface area contributed by atoms with E-state index in [-0.39, 0.29) is 11.4 Å². The molecule has 0 unspecified atom stereocenters. The van der Waals surface area contributed by atoms with Gasteiger partial charge in [0.1, 0.15) is 4.90 Å². The Balaban J connectivity index is 2.11. The monoisotopic (exact) mass is 325 g/mol. The zero-order valence-corrected chi connectivity index (χ0v) is 13.1. The Bertz CT molecular complexity index is 702.